The number of aryl methyl sites for hydroxylation is 1. The van der Waals surface area contributed by atoms with Crippen LogP contribution in [-0.4, -0.2) is 0 Å². The lowest BCUT2D eigenvalue weighted by molar-refractivity contribution is 1.03. The van der Waals surface area contributed by atoms with Crippen LogP contribution in [0.3, 0.4) is 0 Å². The van der Waals surface area contributed by atoms with Gasteiger partial charge in [-0.2, -0.15) is 0 Å². The summed E-state index contributed by atoms with van der Waals surface area (Å²) < 4.78 is 0. The third-order valence-electron chi connectivity index (χ3n) is 6.49. The van der Waals surface area contributed by atoms with Crippen molar-refractivity contribution in [3.63, 3.8) is 0 Å². The zero-order valence-corrected chi connectivity index (χ0v) is 17.0. The first kappa shape index (κ1) is 17.2. The topological polar surface area (TPSA) is 0 Å². The number of rotatable bonds is 2. The normalized spacial score (nSPS) is 15.0. The van der Waals surface area contributed by atoms with Gasteiger partial charge in [0.1, 0.15) is 0 Å². The summed E-state index contributed by atoms with van der Waals surface area (Å²) in [6, 6.07) is 35.5. The molecule has 142 valence electrons. The van der Waals surface area contributed by atoms with Crippen molar-refractivity contribution in [2.45, 2.75) is 12.8 Å². The van der Waals surface area contributed by atoms with E-state index in [1.807, 2.05) is 0 Å². The number of fused-ring (bicyclic) bond motifs is 3. The molecule has 0 heterocycles. The van der Waals surface area contributed by atoms with Gasteiger partial charge in [0.15, 0.2) is 0 Å². The van der Waals surface area contributed by atoms with E-state index in [2.05, 4.69) is 116 Å². The molecule has 0 spiro atoms. The molecule has 0 saturated heterocycles. The summed E-state index contributed by atoms with van der Waals surface area (Å²) in [5, 5.41) is 5.19. The number of benzene rings is 5. The first-order chi connectivity index (χ1) is 14.8. The molecule has 0 N–H and O–H groups in total. The number of allylic oxidation sites excluding steroid dienone is 1. The van der Waals surface area contributed by atoms with Crippen molar-refractivity contribution in [3.8, 4) is 11.1 Å². The van der Waals surface area contributed by atoms with E-state index >= 15 is 0 Å². The first-order valence-electron chi connectivity index (χ1n) is 10.6. The van der Waals surface area contributed by atoms with Gasteiger partial charge >= 0.3 is 0 Å². The predicted molar refractivity (Wildman–Crippen MR) is 129 cm³/mol. The van der Waals surface area contributed by atoms with Crippen molar-refractivity contribution in [2.24, 2.45) is 0 Å². The van der Waals surface area contributed by atoms with Gasteiger partial charge in [-0.15, -0.1) is 0 Å². The summed E-state index contributed by atoms with van der Waals surface area (Å²) in [4.78, 5) is 0. The molecule has 0 heteroatoms. The highest BCUT2D eigenvalue weighted by atomic mass is 14.3. The molecule has 0 saturated carbocycles. The molecule has 0 nitrogen and oxygen atoms in total. The molecule has 1 atom stereocenters. The third-order valence-corrected chi connectivity index (χ3v) is 6.49. The monoisotopic (exact) mass is 382 g/mol. The van der Waals surface area contributed by atoms with E-state index in [1.165, 1.54) is 54.9 Å². The van der Waals surface area contributed by atoms with Crippen LogP contribution in [0.4, 0.5) is 0 Å². The maximum absolute atomic E-state index is 2.36. The summed E-state index contributed by atoms with van der Waals surface area (Å²) in [5.41, 5.74) is 8.13. The lowest BCUT2D eigenvalue weighted by Gasteiger charge is -2.17. The van der Waals surface area contributed by atoms with E-state index in [1.54, 1.807) is 0 Å². The Morgan fingerprint density at radius 3 is 2.10 bits per heavy atom. The SMILES string of the molecule is Cc1ccccc1C1C=Cc2c(-c3cccc4cc5ccccc5cc34)cccc21. The Balaban J connectivity index is 1.57. The van der Waals surface area contributed by atoms with E-state index in [4.69, 9.17) is 0 Å². The molecule has 1 aliphatic rings. The smallest absolute Gasteiger partial charge is 0.0281 e. The second-order valence-corrected chi connectivity index (χ2v) is 8.23. The summed E-state index contributed by atoms with van der Waals surface area (Å²) in [6.07, 6.45) is 4.68. The van der Waals surface area contributed by atoms with Crippen molar-refractivity contribution < 1.29 is 0 Å². The Morgan fingerprint density at radius 1 is 0.567 bits per heavy atom. The second-order valence-electron chi connectivity index (χ2n) is 8.23. The van der Waals surface area contributed by atoms with Gasteiger partial charge in [0, 0.05) is 5.92 Å². The van der Waals surface area contributed by atoms with Gasteiger partial charge < -0.3 is 0 Å². The quantitative estimate of drug-likeness (QED) is 0.270. The largest absolute Gasteiger partial charge is 0.0720 e. The van der Waals surface area contributed by atoms with Crippen LogP contribution in [0.15, 0.2) is 103 Å². The minimum Gasteiger partial charge on any atom is -0.0720 e. The molecule has 1 aliphatic carbocycles. The van der Waals surface area contributed by atoms with Crippen LogP contribution in [0.2, 0.25) is 0 Å². The minimum atomic E-state index is 0.331. The maximum Gasteiger partial charge on any atom is 0.0281 e. The fourth-order valence-corrected chi connectivity index (χ4v) is 4.98. The zero-order chi connectivity index (χ0) is 20.1. The molecule has 0 aliphatic heterocycles. The van der Waals surface area contributed by atoms with Crippen molar-refractivity contribution >= 4 is 27.6 Å². The highest BCUT2D eigenvalue weighted by Crippen LogP contribution is 2.42. The maximum atomic E-state index is 2.36. The van der Waals surface area contributed by atoms with Crippen LogP contribution < -0.4 is 0 Å². The average molecular weight is 383 g/mol. The van der Waals surface area contributed by atoms with Crippen molar-refractivity contribution in [1.82, 2.24) is 0 Å². The van der Waals surface area contributed by atoms with Gasteiger partial charge in [-0.1, -0.05) is 97.1 Å². The standard InChI is InChI=1S/C30H22/c1-20-8-2-5-12-24(20)28-16-17-29-25(14-7-15-26(28)29)27-13-6-11-23-18-21-9-3-4-10-22(21)19-30(23)27/h2-19,28H,1H3. The van der Waals surface area contributed by atoms with Crippen LogP contribution >= 0.6 is 0 Å². The molecule has 0 amide bonds. The van der Waals surface area contributed by atoms with E-state index < -0.39 is 0 Å². The molecule has 0 bridgehead atoms. The molecular weight excluding hydrogens is 360 g/mol. The molecule has 5 aromatic rings. The molecule has 0 radical (unpaired) electrons. The molecule has 6 rings (SSSR count). The fraction of sp³-hybridized carbons (Fsp3) is 0.0667. The van der Waals surface area contributed by atoms with Crippen LogP contribution in [0.25, 0.3) is 38.7 Å². The van der Waals surface area contributed by atoms with E-state index in [9.17, 15) is 0 Å². The van der Waals surface area contributed by atoms with E-state index in [0.29, 0.717) is 5.92 Å². The Labute approximate surface area is 177 Å². The van der Waals surface area contributed by atoms with Crippen LogP contribution in [-0.2, 0) is 0 Å². The van der Waals surface area contributed by atoms with Gasteiger partial charge in [-0.25, -0.2) is 0 Å². The molecule has 5 aromatic carbocycles. The van der Waals surface area contributed by atoms with Gasteiger partial charge in [-0.05, 0) is 74.0 Å². The Bertz CT molecular complexity index is 1450. The first-order valence-corrected chi connectivity index (χ1v) is 10.6. The van der Waals surface area contributed by atoms with Crippen LogP contribution in [0, 0.1) is 6.92 Å². The lowest BCUT2D eigenvalue weighted by Crippen LogP contribution is -1.99. The Morgan fingerprint density at radius 2 is 1.23 bits per heavy atom. The summed E-state index contributed by atoms with van der Waals surface area (Å²) in [7, 11) is 0. The van der Waals surface area contributed by atoms with Gasteiger partial charge in [0.25, 0.3) is 0 Å². The van der Waals surface area contributed by atoms with Gasteiger partial charge in [0.05, 0.1) is 0 Å². The summed E-state index contributed by atoms with van der Waals surface area (Å²) >= 11 is 0. The Kier molecular flexibility index (Phi) is 3.86. The fourth-order valence-electron chi connectivity index (χ4n) is 4.98. The molecule has 0 fully saturated rings. The number of hydrogen-bond donors (Lipinski definition) is 0. The van der Waals surface area contributed by atoms with E-state index in [-0.39, 0.29) is 0 Å². The highest BCUT2D eigenvalue weighted by Gasteiger charge is 2.23. The molecular formula is C30H22. The van der Waals surface area contributed by atoms with Gasteiger partial charge in [0.2, 0.25) is 0 Å². The second kappa shape index (κ2) is 6.71. The van der Waals surface area contributed by atoms with Crippen LogP contribution in [0.5, 0.6) is 0 Å². The summed E-state index contributed by atoms with van der Waals surface area (Å²) in [6.45, 7) is 2.21. The minimum absolute atomic E-state index is 0.331. The van der Waals surface area contributed by atoms with Gasteiger partial charge in [-0.3, -0.25) is 0 Å². The lowest BCUT2D eigenvalue weighted by atomic mass is 9.87. The molecule has 0 aromatic heterocycles. The zero-order valence-electron chi connectivity index (χ0n) is 17.0. The van der Waals surface area contributed by atoms with E-state index in [0.717, 1.165) is 0 Å². The van der Waals surface area contributed by atoms with Crippen LogP contribution in [0.1, 0.15) is 28.2 Å². The number of hydrogen-bond acceptors (Lipinski definition) is 0. The average Bonchev–Trinajstić information content (AvgIpc) is 3.22. The molecule has 1 unspecified atom stereocenters. The third kappa shape index (κ3) is 2.61. The van der Waals surface area contributed by atoms with Crippen molar-refractivity contribution in [2.75, 3.05) is 0 Å². The highest BCUT2D eigenvalue weighted by molar-refractivity contribution is 6.06. The molecule has 30 heavy (non-hydrogen) atoms. The predicted octanol–water partition coefficient (Wildman–Crippen LogP) is 8.13. The Hall–Kier alpha value is -3.64. The summed E-state index contributed by atoms with van der Waals surface area (Å²) in [5.74, 6) is 0.331. The van der Waals surface area contributed by atoms with Crippen molar-refractivity contribution in [3.05, 3.63) is 125 Å². The van der Waals surface area contributed by atoms with Crippen molar-refractivity contribution in [1.29, 1.82) is 0 Å².